The molecule has 0 aliphatic heterocycles. The van der Waals surface area contributed by atoms with Crippen LogP contribution in [0.4, 0.5) is 0 Å². The van der Waals surface area contributed by atoms with Gasteiger partial charge in [0.05, 0.1) is 0 Å². The van der Waals surface area contributed by atoms with E-state index in [1.54, 1.807) is 12.8 Å². The van der Waals surface area contributed by atoms with Crippen molar-refractivity contribution in [3.05, 3.63) is 12.2 Å². The summed E-state index contributed by atoms with van der Waals surface area (Å²) < 4.78 is 0. The van der Waals surface area contributed by atoms with Crippen molar-refractivity contribution in [3.8, 4) is 0 Å². The largest absolute Gasteiger partial charge is 0.0842 e. The summed E-state index contributed by atoms with van der Waals surface area (Å²) in [5, 5.41) is 0. The van der Waals surface area contributed by atoms with Crippen molar-refractivity contribution in [2.24, 2.45) is 53.3 Å². The van der Waals surface area contributed by atoms with E-state index in [2.05, 4.69) is 19.1 Å². The fourth-order valence-corrected chi connectivity index (χ4v) is 6.19. The van der Waals surface area contributed by atoms with Crippen LogP contribution in [0.5, 0.6) is 0 Å². The molecule has 0 heteroatoms. The molecule has 5 saturated carbocycles. The zero-order chi connectivity index (χ0) is 9.02. The molecule has 0 nitrogen and oxygen atoms in total. The minimum absolute atomic E-state index is 1.06. The van der Waals surface area contributed by atoms with Crippen LogP contribution in [0.1, 0.15) is 19.8 Å². The molecule has 0 saturated heterocycles. The van der Waals surface area contributed by atoms with Gasteiger partial charge in [-0.25, -0.2) is 0 Å². The lowest BCUT2D eigenvalue weighted by atomic mass is 9.49. The van der Waals surface area contributed by atoms with Crippen LogP contribution in [0.25, 0.3) is 0 Å². The van der Waals surface area contributed by atoms with Crippen LogP contribution >= 0.6 is 0 Å². The standard InChI is InChI=1S/C14H18/c1-6-9-4-10(6)14-12(9)5-11-7-2-3-8(7)13(11)14/h2-3,6-14H,4-5H2,1H3. The first-order chi connectivity index (χ1) is 6.86. The minimum atomic E-state index is 1.06. The third kappa shape index (κ3) is 0.487. The Morgan fingerprint density at radius 1 is 0.786 bits per heavy atom. The predicted octanol–water partition coefficient (Wildman–Crippen LogP) is 2.96. The van der Waals surface area contributed by atoms with Gasteiger partial charge in [-0.15, -0.1) is 0 Å². The molecule has 0 aromatic rings. The van der Waals surface area contributed by atoms with E-state index in [9.17, 15) is 0 Å². The highest BCUT2D eigenvalue weighted by Gasteiger charge is 2.70. The molecule has 6 aliphatic carbocycles. The maximum atomic E-state index is 2.53. The van der Waals surface area contributed by atoms with Gasteiger partial charge in [-0.3, -0.25) is 0 Å². The van der Waals surface area contributed by atoms with Gasteiger partial charge in [0.2, 0.25) is 0 Å². The molecule has 9 atom stereocenters. The fourth-order valence-electron chi connectivity index (χ4n) is 6.19. The topological polar surface area (TPSA) is 0 Å². The molecule has 0 spiro atoms. The van der Waals surface area contributed by atoms with Crippen LogP contribution in [-0.4, -0.2) is 0 Å². The zero-order valence-electron chi connectivity index (χ0n) is 8.77. The first-order valence-corrected chi connectivity index (χ1v) is 6.54. The number of allylic oxidation sites excluding steroid dienone is 2. The first-order valence-electron chi connectivity index (χ1n) is 6.54. The van der Waals surface area contributed by atoms with Crippen LogP contribution in [0.3, 0.4) is 0 Å². The van der Waals surface area contributed by atoms with E-state index < -0.39 is 0 Å². The van der Waals surface area contributed by atoms with Crippen molar-refractivity contribution >= 4 is 0 Å². The van der Waals surface area contributed by atoms with Gasteiger partial charge in [0.1, 0.15) is 0 Å². The molecule has 0 aromatic heterocycles. The van der Waals surface area contributed by atoms with Crippen molar-refractivity contribution < 1.29 is 0 Å². The van der Waals surface area contributed by atoms with Gasteiger partial charge in [-0.2, -0.15) is 0 Å². The van der Waals surface area contributed by atoms with Crippen molar-refractivity contribution in [1.29, 1.82) is 0 Å². The maximum Gasteiger partial charge on any atom is -0.0134 e. The number of hydrogen-bond acceptors (Lipinski definition) is 0. The molecular weight excluding hydrogens is 168 g/mol. The molecule has 6 aliphatic rings. The second kappa shape index (κ2) is 1.86. The predicted molar refractivity (Wildman–Crippen MR) is 55.5 cm³/mol. The van der Waals surface area contributed by atoms with E-state index in [1.165, 1.54) is 11.8 Å². The third-order valence-electron chi connectivity index (χ3n) is 6.86. The monoisotopic (exact) mass is 186 g/mol. The van der Waals surface area contributed by atoms with Crippen LogP contribution in [0.15, 0.2) is 12.2 Å². The highest BCUT2D eigenvalue weighted by atomic mass is 14.7. The van der Waals surface area contributed by atoms with Crippen molar-refractivity contribution in [2.45, 2.75) is 19.8 Å². The van der Waals surface area contributed by atoms with Crippen LogP contribution in [-0.2, 0) is 0 Å². The average molecular weight is 186 g/mol. The maximum absolute atomic E-state index is 2.53. The van der Waals surface area contributed by atoms with E-state index >= 15 is 0 Å². The second-order valence-corrected chi connectivity index (χ2v) is 6.68. The Morgan fingerprint density at radius 2 is 1.57 bits per heavy atom. The van der Waals surface area contributed by atoms with Crippen LogP contribution in [0.2, 0.25) is 0 Å². The summed E-state index contributed by atoms with van der Waals surface area (Å²) in [7, 11) is 0. The van der Waals surface area contributed by atoms with Crippen molar-refractivity contribution in [1.82, 2.24) is 0 Å². The summed E-state index contributed by atoms with van der Waals surface area (Å²) in [5.41, 5.74) is 0. The molecule has 14 heavy (non-hydrogen) atoms. The average Bonchev–Trinajstić information content (AvgIpc) is 2.69. The lowest BCUT2D eigenvalue weighted by molar-refractivity contribution is -0.0153. The quantitative estimate of drug-likeness (QED) is 0.510. The first kappa shape index (κ1) is 7.09. The fraction of sp³-hybridized carbons (Fsp3) is 0.857. The van der Waals surface area contributed by atoms with Gasteiger partial charge in [-0.05, 0) is 66.1 Å². The SMILES string of the molecule is CC1C2CC1C1C2CC2C3C=CC3C21. The Morgan fingerprint density at radius 3 is 2.29 bits per heavy atom. The molecule has 74 valence electrons. The molecule has 0 N–H and O–H groups in total. The van der Waals surface area contributed by atoms with E-state index in [-0.39, 0.29) is 0 Å². The lowest BCUT2D eigenvalue weighted by Crippen LogP contribution is -2.50. The highest BCUT2D eigenvalue weighted by molar-refractivity contribution is 5.28. The number of hydrogen-bond donors (Lipinski definition) is 0. The normalized spacial score (nSPS) is 75.4. The molecule has 0 aromatic carbocycles. The van der Waals surface area contributed by atoms with E-state index in [1.807, 2.05) is 0 Å². The van der Waals surface area contributed by atoms with Gasteiger partial charge >= 0.3 is 0 Å². The molecule has 0 amide bonds. The minimum Gasteiger partial charge on any atom is -0.0842 e. The Kier molecular flexibility index (Phi) is 0.941. The van der Waals surface area contributed by atoms with Crippen LogP contribution in [0, 0.1) is 53.3 Å². The summed E-state index contributed by atoms with van der Waals surface area (Å²) in [4.78, 5) is 0. The summed E-state index contributed by atoms with van der Waals surface area (Å²) in [5.74, 6) is 10.2. The smallest absolute Gasteiger partial charge is 0.0134 e. The molecule has 5 fully saturated rings. The van der Waals surface area contributed by atoms with Crippen molar-refractivity contribution in [2.75, 3.05) is 0 Å². The number of fused-ring (bicyclic) bond motifs is 4. The Labute approximate surface area is 85.8 Å². The lowest BCUT2D eigenvalue weighted by Gasteiger charge is -2.55. The Balaban J connectivity index is 1.57. The van der Waals surface area contributed by atoms with Gasteiger partial charge in [0.25, 0.3) is 0 Å². The molecule has 0 heterocycles. The van der Waals surface area contributed by atoms with Gasteiger partial charge in [0.15, 0.2) is 0 Å². The van der Waals surface area contributed by atoms with Crippen molar-refractivity contribution in [3.63, 3.8) is 0 Å². The molecular formula is C14H18. The number of rotatable bonds is 0. The second-order valence-electron chi connectivity index (χ2n) is 6.68. The summed E-state index contributed by atoms with van der Waals surface area (Å²) in [6.45, 7) is 2.53. The van der Waals surface area contributed by atoms with Gasteiger partial charge < -0.3 is 0 Å². The van der Waals surface area contributed by atoms with E-state index in [0.717, 1.165) is 41.4 Å². The van der Waals surface area contributed by atoms with Gasteiger partial charge in [0, 0.05) is 0 Å². The highest BCUT2D eigenvalue weighted by Crippen LogP contribution is 2.75. The molecule has 9 unspecified atom stereocenters. The van der Waals surface area contributed by atoms with E-state index in [4.69, 9.17) is 0 Å². The molecule has 0 radical (unpaired) electrons. The molecule has 6 rings (SSSR count). The zero-order valence-corrected chi connectivity index (χ0v) is 8.77. The molecule has 2 bridgehead atoms. The Hall–Kier alpha value is -0.260. The summed E-state index contributed by atoms with van der Waals surface area (Å²) in [6.07, 6.45) is 8.25. The van der Waals surface area contributed by atoms with E-state index in [0.29, 0.717) is 0 Å². The van der Waals surface area contributed by atoms with Crippen LogP contribution < -0.4 is 0 Å². The third-order valence-corrected chi connectivity index (χ3v) is 6.86. The summed E-state index contributed by atoms with van der Waals surface area (Å²) >= 11 is 0. The van der Waals surface area contributed by atoms with Gasteiger partial charge in [-0.1, -0.05) is 19.1 Å². The summed E-state index contributed by atoms with van der Waals surface area (Å²) in [6, 6.07) is 0. The Bertz CT molecular complexity index is 342.